The summed E-state index contributed by atoms with van der Waals surface area (Å²) in [6, 6.07) is 26.9. The average Bonchev–Trinajstić information content (AvgIpc) is 2.98. The standard InChI is InChI=1S/C34H34F3N3O/c1-5-25-16-17-26-11-6-7-15-30(26)32(25)23(3)27-12-9-13-28(20-27)39-33(41)31(18-22(2)34(35,36)37)40(4)29-14-8-10-24(19-29)21-38/h6-20,23H,2,5,21,38H2,1,3-4H3,(H,39,41)/b31-18-. The second kappa shape index (κ2) is 12.4. The zero-order valence-corrected chi connectivity index (χ0v) is 23.4. The molecule has 0 aromatic heterocycles. The second-order valence-corrected chi connectivity index (χ2v) is 10.00. The monoisotopic (exact) mass is 557 g/mol. The van der Waals surface area contributed by atoms with Gasteiger partial charge >= 0.3 is 6.18 Å². The molecule has 0 spiro atoms. The summed E-state index contributed by atoms with van der Waals surface area (Å²) in [5, 5.41) is 5.13. The average molecular weight is 558 g/mol. The van der Waals surface area contributed by atoms with E-state index in [9.17, 15) is 18.0 Å². The molecule has 0 heterocycles. The van der Waals surface area contributed by atoms with Crippen LogP contribution in [0.2, 0.25) is 0 Å². The van der Waals surface area contributed by atoms with Gasteiger partial charge in [0.05, 0.1) is 5.57 Å². The first kappa shape index (κ1) is 29.6. The number of allylic oxidation sites excluding steroid dienone is 2. The lowest BCUT2D eigenvalue weighted by Gasteiger charge is -2.24. The largest absolute Gasteiger partial charge is 0.415 e. The van der Waals surface area contributed by atoms with Gasteiger partial charge in [-0.2, -0.15) is 13.2 Å². The zero-order valence-electron chi connectivity index (χ0n) is 23.4. The molecule has 0 fully saturated rings. The minimum atomic E-state index is -4.68. The van der Waals surface area contributed by atoms with Crippen LogP contribution < -0.4 is 16.0 Å². The van der Waals surface area contributed by atoms with Crippen molar-refractivity contribution in [3.63, 3.8) is 0 Å². The number of fused-ring (bicyclic) bond motifs is 1. The summed E-state index contributed by atoms with van der Waals surface area (Å²) in [7, 11) is 1.54. The quantitative estimate of drug-likeness (QED) is 0.162. The highest BCUT2D eigenvalue weighted by atomic mass is 19.4. The van der Waals surface area contributed by atoms with E-state index >= 15 is 0 Å². The topological polar surface area (TPSA) is 58.4 Å². The molecule has 41 heavy (non-hydrogen) atoms. The number of nitrogens with two attached hydrogens (primary N) is 1. The molecule has 1 unspecified atom stereocenters. The molecule has 0 aliphatic heterocycles. The number of rotatable bonds is 9. The van der Waals surface area contributed by atoms with Crippen molar-refractivity contribution in [3.8, 4) is 0 Å². The third-order valence-corrected chi connectivity index (χ3v) is 7.32. The Morgan fingerprint density at radius 3 is 2.46 bits per heavy atom. The number of anilines is 2. The number of carbonyl (C=O) groups is 1. The summed E-state index contributed by atoms with van der Waals surface area (Å²) in [6.07, 6.45) is -3.05. The molecule has 0 aliphatic carbocycles. The van der Waals surface area contributed by atoms with Crippen LogP contribution >= 0.6 is 0 Å². The van der Waals surface area contributed by atoms with E-state index < -0.39 is 17.7 Å². The van der Waals surface area contributed by atoms with Crippen molar-refractivity contribution in [1.29, 1.82) is 0 Å². The number of benzene rings is 4. The number of halogens is 3. The zero-order chi connectivity index (χ0) is 29.7. The van der Waals surface area contributed by atoms with Crippen LogP contribution in [0.4, 0.5) is 24.5 Å². The molecule has 0 bridgehead atoms. The van der Waals surface area contributed by atoms with Crippen LogP contribution in [0.5, 0.6) is 0 Å². The van der Waals surface area contributed by atoms with Gasteiger partial charge in [0.25, 0.3) is 5.91 Å². The Balaban J connectivity index is 1.69. The predicted octanol–water partition coefficient (Wildman–Crippen LogP) is 8.09. The highest BCUT2D eigenvalue weighted by Gasteiger charge is 2.32. The maximum atomic E-state index is 13.5. The maximum Gasteiger partial charge on any atom is 0.415 e. The van der Waals surface area contributed by atoms with Gasteiger partial charge in [-0.15, -0.1) is 0 Å². The van der Waals surface area contributed by atoms with Crippen molar-refractivity contribution in [2.75, 3.05) is 17.3 Å². The molecule has 0 aliphatic rings. The minimum Gasteiger partial charge on any atom is -0.340 e. The van der Waals surface area contributed by atoms with Gasteiger partial charge in [-0.3, -0.25) is 4.79 Å². The summed E-state index contributed by atoms with van der Waals surface area (Å²) in [5.74, 6) is -0.685. The number of amides is 1. The van der Waals surface area contributed by atoms with E-state index in [1.807, 2.05) is 36.4 Å². The first-order valence-electron chi connectivity index (χ1n) is 13.5. The van der Waals surface area contributed by atoms with E-state index in [0.717, 1.165) is 29.0 Å². The molecule has 3 N–H and O–H groups in total. The fourth-order valence-corrected chi connectivity index (χ4v) is 5.00. The third kappa shape index (κ3) is 6.69. The Labute approximate surface area is 239 Å². The van der Waals surface area contributed by atoms with E-state index in [4.69, 9.17) is 5.73 Å². The molecule has 4 rings (SSSR count). The van der Waals surface area contributed by atoms with E-state index in [1.165, 1.54) is 28.5 Å². The number of aryl methyl sites for hydroxylation is 1. The fraction of sp³-hybridized carbons (Fsp3) is 0.206. The van der Waals surface area contributed by atoms with Gasteiger partial charge in [0.2, 0.25) is 0 Å². The SMILES string of the molecule is C=C(/C=C(/C(=O)Nc1cccc(C(C)c2c(CC)ccc3ccccc23)c1)N(C)c1cccc(CN)c1)C(F)(F)F. The van der Waals surface area contributed by atoms with E-state index in [1.54, 1.807) is 24.3 Å². The van der Waals surface area contributed by atoms with Crippen LogP contribution in [0.1, 0.15) is 42.0 Å². The van der Waals surface area contributed by atoms with Gasteiger partial charge < -0.3 is 16.0 Å². The van der Waals surface area contributed by atoms with Crippen LogP contribution in [-0.4, -0.2) is 19.1 Å². The van der Waals surface area contributed by atoms with E-state index in [0.29, 0.717) is 11.4 Å². The third-order valence-electron chi connectivity index (χ3n) is 7.32. The lowest BCUT2D eigenvalue weighted by Crippen LogP contribution is -2.29. The van der Waals surface area contributed by atoms with Crippen LogP contribution in [0.25, 0.3) is 10.8 Å². The first-order valence-corrected chi connectivity index (χ1v) is 13.5. The van der Waals surface area contributed by atoms with E-state index in [-0.39, 0.29) is 18.2 Å². The smallest absolute Gasteiger partial charge is 0.340 e. The van der Waals surface area contributed by atoms with Gasteiger partial charge in [-0.1, -0.05) is 81.1 Å². The Morgan fingerprint density at radius 2 is 1.76 bits per heavy atom. The van der Waals surface area contributed by atoms with E-state index in [2.05, 4.69) is 50.0 Å². The molecular weight excluding hydrogens is 523 g/mol. The number of alkyl halides is 3. The minimum absolute atomic E-state index is 0.00889. The molecule has 4 aromatic rings. The van der Waals surface area contributed by atoms with Gasteiger partial charge in [0.15, 0.2) is 0 Å². The fourth-order valence-electron chi connectivity index (χ4n) is 5.00. The Kier molecular flexibility index (Phi) is 8.98. The first-order chi connectivity index (χ1) is 19.5. The Bertz CT molecular complexity index is 1610. The molecule has 0 saturated heterocycles. The summed E-state index contributed by atoms with van der Waals surface area (Å²) in [5.41, 5.74) is 9.63. The van der Waals surface area contributed by atoms with Crippen molar-refractivity contribution in [3.05, 3.63) is 131 Å². The number of likely N-dealkylation sites (N-methyl/N-ethyl adjacent to an activating group) is 1. The molecule has 0 saturated carbocycles. The Hall–Kier alpha value is -4.36. The molecule has 7 heteroatoms. The molecule has 212 valence electrons. The molecule has 4 nitrogen and oxygen atoms in total. The summed E-state index contributed by atoms with van der Waals surface area (Å²) in [4.78, 5) is 14.9. The van der Waals surface area contributed by atoms with Crippen molar-refractivity contribution in [2.24, 2.45) is 5.73 Å². The highest BCUT2D eigenvalue weighted by molar-refractivity contribution is 6.06. The van der Waals surface area contributed by atoms with Crippen LogP contribution in [-0.2, 0) is 17.8 Å². The number of carbonyl (C=O) groups excluding carboxylic acids is 1. The summed E-state index contributed by atoms with van der Waals surface area (Å²) >= 11 is 0. The van der Waals surface area contributed by atoms with Crippen molar-refractivity contribution in [2.45, 2.75) is 38.9 Å². The van der Waals surface area contributed by atoms with Crippen molar-refractivity contribution in [1.82, 2.24) is 0 Å². The summed E-state index contributed by atoms with van der Waals surface area (Å²) < 4.78 is 40.3. The van der Waals surface area contributed by atoms with Crippen LogP contribution in [0.3, 0.4) is 0 Å². The lowest BCUT2D eigenvalue weighted by atomic mass is 9.85. The number of hydrogen-bond donors (Lipinski definition) is 2. The molecule has 0 radical (unpaired) electrons. The molecule has 4 aromatic carbocycles. The van der Waals surface area contributed by atoms with Crippen LogP contribution in [0, 0.1) is 0 Å². The number of nitrogens with zero attached hydrogens (tertiary/aromatic N) is 1. The van der Waals surface area contributed by atoms with Gasteiger partial charge in [0, 0.05) is 30.9 Å². The molecular formula is C34H34F3N3O. The number of hydrogen-bond acceptors (Lipinski definition) is 3. The van der Waals surface area contributed by atoms with Gasteiger partial charge in [-0.25, -0.2) is 0 Å². The van der Waals surface area contributed by atoms with Crippen molar-refractivity contribution < 1.29 is 18.0 Å². The van der Waals surface area contributed by atoms with Crippen LogP contribution in [0.15, 0.2) is 109 Å². The lowest BCUT2D eigenvalue weighted by molar-refractivity contribution is -0.112. The molecule has 1 atom stereocenters. The second-order valence-electron chi connectivity index (χ2n) is 10.00. The molecule has 1 amide bonds. The maximum absolute atomic E-state index is 13.5. The number of nitrogens with one attached hydrogen (secondary N) is 1. The summed E-state index contributed by atoms with van der Waals surface area (Å²) in [6.45, 7) is 7.65. The normalized spacial score (nSPS) is 12.7. The predicted molar refractivity (Wildman–Crippen MR) is 162 cm³/mol. The van der Waals surface area contributed by atoms with Gasteiger partial charge in [-0.05, 0) is 69.8 Å². The van der Waals surface area contributed by atoms with Crippen molar-refractivity contribution >= 4 is 28.1 Å². The highest BCUT2D eigenvalue weighted by Crippen LogP contribution is 2.35. The van der Waals surface area contributed by atoms with Gasteiger partial charge in [0.1, 0.15) is 5.70 Å². The Morgan fingerprint density at radius 1 is 1.02 bits per heavy atom.